The second-order valence-corrected chi connectivity index (χ2v) is 7.93. The Labute approximate surface area is 175 Å². The van der Waals surface area contributed by atoms with Gasteiger partial charge in [-0.1, -0.05) is 30.3 Å². The van der Waals surface area contributed by atoms with E-state index in [9.17, 15) is 4.79 Å². The molecule has 2 aliphatic rings. The zero-order valence-corrected chi connectivity index (χ0v) is 16.6. The van der Waals surface area contributed by atoms with Gasteiger partial charge in [-0.3, -0.25) is 4.79 Å². The van der Waals surface area contributed by atoms with Gasteiger partial charge in [-0.05, 0) is 42.7 Å². The van der Waals surface area contributed by atoms with Crippen LogP contribution >= 0.6 is 0 Å². The maximum Gasteiger partial charge on any atom is 0.142 e. The molecule has 1 fully saturated rings. The lowest BCUT2D eigenvalue weighted by atomic mass is 9.75. The fourth-order valence-electron chi connectivity index (χ4n) is 4.47. The van der Waals surface area contributed by atoms with E-state index in [1.54, 1.807) is 6.34 Å². The molecule has 1 aliphatic heterocycles. The average molecular weight is 400 g/mol. The molecule has 1 unspecified atom stereocenters. The number of hydrogen-bond donors (Lipinski definition) is 3. The molecule has 1 atom stereocenters. The van der Waals surface area contributed by atoms with Crippen molar-refractivity contribution in [3.8, 4) is 22.6 Å². The predicted octanol–water partition coefficient (Wildman–Crippen LogP) is 4.80. The third-order valence-corrected chi connectivity index (χ3v) is 6.08. The van der Waals surface area contributed by atoms with Gasteiger partial charge in [0.1, 0.15) is 28.8 Å². The van der Waals surface area contributed by atoms with Crippen molar-refractivity contribution in [3.63, 3.8) is 0 Å². The summed E-state index contributed by atoms with van der Waals surface area (Å²) in [5.74, 6) is 2.88. The first-order valence-electron chi connectivity index (χ1n) is 10.3. The first-order chi connectivity index (χ1) is 14.6. The third-order valence-electron chi connectivity index (χ3n) is 6.08. The van der Waals surface area contributed by atoms with Crippen LogP contribution in [0.1, 0.15) is 31.2 Å². The SMILES string of the molecule is NC1(C2CCC(=O)CC2)N=CNc2[nH]cc(-c3ccc(Oc4ccccc4)cc3)c21. The van der Waals surface area contributed by atoms with Gasteiger partial charge in [0, 0.05) is 36.1 Å². The van der Waals surface area contributed by atoms with Gasteiger partial charge in [0.05, 0.1) is 6.34 Å². The summed E-state index contributed by atoms with van der Waals surface area (Å²) in [5.41, 5.74) is 9.07. The van der Waals surface area contributed by atoms with Gasteiger partial charge in [-0.25, -0.2) is 4.99 Å². The molecule has 4 N–H and O–H groups in total. The smallest absolute Gasteiger partial charge is 0.142 e. The minimum atomic E-state index is -0.851. The van der Waals surface area contributed by atoms with Crippen LogP contribution in [0.3, 0.4) is 0 Å². The summed E-state index contributed by atoms with van der Waals surface area (Å²) in [6, 6.07) is 17.7. The number of rotatable bonds is 4. The summed E-state index contributed by atoms with van der Waals surface area (Å²) >= 11 is 0. The highest BCUT2D eigenvalue weighted by Gasteiger charge is 2.43. The molecule has 0 spiro atoms. The van der Waals surface area contributed by atoms with Crippen LogP contribution in [0.25, 0.3) is 11.1 Å². The number of anilines is 1. The zero-order valence-electron chi connectivity index (χ0n) is 16.6. The normalized spacial score (nSPS) is 21.2. The van der Waals surface area contributed by atoms with E-state index in [2.05, 4.69) is 15.3 Å². The van der Waals surface area contributed by atoms with Gasteiger partial charge in [0.25, 0.3) is 0 Å². The number of hydrogen-bond acceptors (Lipinski definition) is 5. The summed E-state index contributed by atoms with van der Waals surface area (Å²) in [4.78, 5) is 19.7. The third kappa shape index (κ3) is 3.29. The standard InChI is InChI=1S/C24H24N4O2/c25-24(17-8-10-18(29)11-9-17)22-21(14-26-23(22)27-15-28-24)16-6-12-20(13-7-16)30-19-4-2-1-3-5-19/h1-7,12-15,17,26H,8-11,25H2,(H,27,28). The van der Waals surface area contributed by atoms with Crippen molar-refractivity contribution in [2.45, 2.75) is 31.3 Å². The van der Waals surface area contributed by atoms with Crippen molar-refractivity contribution >= 4 is 17.9 Å². The van der Waals surface area contributed by atoms with Crippen LogP contribution in [0.4, 0.5) is 5.82 Å². The number of benzene rings is 2. The van der Waals surface area contributed by atoms with Crippen LogP contribution in [0.2, 0.25) is 0 Å². The van der Waals surface area contributed by atoms with E-state index in [1.165, 1.54) is 0 Å². The van der Waals surface area contributed by atoms with Crippen molar-refractivity contribution < 1.29 is 9.53 Å². The number of nitrogens with two attached hydrogens (primary N) is 1. The molecule has 0 saturated heterocycles. The number of nitrogens with one attached hydrogen (secondary N) is 2. The molecule has 1 aliphatic carbocycles. The maximum atomic E-state index is 11.7. The Hall–Kier alpha value is -3.38. The zero-order chi connectivity index (χ0) is 20.6. The Bertz CT molecular complexity index is 1080. The molecule has 1 aromatic heterocycles. The number of nitrogens with zero attached hydrogens (tertiary/aromatic N) is 1. The van der Waals surface area contributed by atoms with Crippen molar-refractivity contribution in [2.24, 2.45) is 16.6 Å². The number of ketones is 1. The second kappa shape index (κ2) is 7.46. The van der Waals surface area contributed by atoms with E-state index in [0.717, 1.165) is 46.8 Å². The highest BCUT2D eigenvalue weighted by atomic mass is 16.5. The molecule has 1 saturated carbocycles. The van der Waals surface area contributed by atoms with E-state index in [-0.39, 0.29) is 5.92 Å². The summed E-state index contributed by atoms with van der Waals surface area (Å²) in [6.45, 7) is 0. The Morgan fingerprint density at radius 3 is 2.43 bits per heavy atom. The lowest BCUT2D eigenvalue weighted by molar-refractivity contribution is -0.121. The average Bonchev–Trinajstić information content (AvgIpc) is 3.21. The second-order valence-electron chi connectivity index (χ2n) is 7.93. The van der Waals surface area contributed by atoms with Gasteiger partial charge >= 0.3 is 0 Å². The highest BCUT2D eigenvalue weighted by molar-refractivity contribution is 5.86. The molecule has 2 aromatic carbocycles. The topological polar surface area (TPSA) is 92.5 Å². The molecule has 30 heavy (non-hydrogen) atoms. The predicted molar refractivity (Wildman–Crippen MR) is 118 cm³/mol. The van der Waals surface area contributed by atoms with Crippen LogP contribution in [0.5, 0.6) is 11.5 Å². The quantitative estimate of drug-likeness (QED) is 0.587. The van der Waals surface area contributed by atoms with Gasteiger partial charge in [0.15, 0.2) is 0 Å². The molecule has 152 valence electrons. The molecular weight excluding hydrogens is 376 g/mol. The summed E-state index contributed by atoms with van der Waals surface area (Å²) in [5, 5.41) is 3.18. The number of aromatic amines is 1. The molecule has 0 radical (unpaired) electrons. The molecule has 5 rings (SSSR count). The number of ether oxygens (including phenoxy) is 1. The Kier molecular flexibility index (Phi) is 4.64. The van der Waals surface area contributed by atoms with E-state index in [0.29, 0.717) is 18.6 Å². The van der Waals surface area contributed by atoms with Crippen LogP contribution in [0, 0.1) is 5.92 Å². The Morgan fingerprint density at radius 2 is 1.70 bits per heavy atom. The van der Waals surface area contributed by atoms with Crippen molar-refractivity contribution in [1.82, 2.24) is 4.98 Å². The van der Waals surface area contributed by atoms with Gasteiger partial charge < -0.3 is 20.8 Å². The fourth-order valence-corrected chi connectivity index (χ4v) is 4.47. The molecule has 3 aromatic rings. The largest absolute Gasteiger partial charge is 0.457 e. The molecular formula is C24H24N4O2. The fraction of sp³-hybridized carbons (Fsp3) is 0.250. The first kappa shape index (κ1) is 18.6. The number of Topliss-reactive ketones (excluding diaryl/α,β-unsaturated/α-hetero) is 1. The number of para-hydroxylation sites is 1. The maximum absolute atomic E-state index is 11.7. The Balaban J connectivity index is 1.46. The summed E-state index contributed by atoms with van der Waals surface area (Å²) < 4.78 is 5.91. The van der Waals surface area contributed by atoms with E-state index >= 15 is 0 Å². The molecule has 6 heteroatoms. The van der Waals surface area contributed by atoms with E-state index in [4.69, 9.17) is 10.5 Å². The van der Waals surface area contributed by atoms with Crippen molar-refractivity contribution in [3.05, 3.63) is 66.4 Å². The van der Waals surface area contributed by atoms with E-state index in [1.807, 2.05) is 60.8 Å². The van der Waals surface area contributed by atoms with Gasteiger partial charge in [0.2, 0.25) is 0 Å². The number of aliphatic imine (C=N–C) groups is 1. The van der Waals surface area contributed by atoms with Gasteiger partial charge in [-0.15, -0.1) is 0 Å². The van der Waals surface area contributed by atoms with Crippen LogP contribution in [-0.4, -0.2) is 17.1 Å². The minimum absolute atomic E-state index is 0.127. The van der Waals surface area contributed by atoms with Crippen LogP contribution in [0.15, 0.2) is 65.8 Å². The number of aromatic nitrogens is 1. The number of fused-ring (bicyclic) bond motifs is 1. The lowest BCUT2D eigenvalue weighted by Crippen LogP contribution is -2.46. The monoisotopic (exact) mass is 400 g/mol. The summed E-state index contributed by atoms with van der Waals surface area (Å²) in [7, 11) is 0. The van der Waals surface area contributed by atoms with Crippen molar-refractivity contribution in [1.29, 1.82) is 0 Å². The minimum Gasteiger partial charge on any atom is -0.457 e. The highest BCUT2D eigenvalue weighted by Crippen LogP contribution is 2.46. The van der Waals surface area contributed by atoms with Crippen LogP contribution < -0.4 is 15.8 Å². The molecule has 6 nitrogen and oxygen atoms in total. The number of carbonyl (C=O) groups excluding carboxylic acids is 1. The van der Waals surface area contributed by atoms with Crippen LogP contribution in [-0.2, 0) is 10.5 Å². The molecule has 0 amide bonds. The summed E-state index contributed by atoms with van der Waals surface area (Å²) in [6.07, 6.45) is 6.31. The number of H-pyrrole nitrogens is 1. The Morgan fingerprint density at radius 1 is 1.00 bits per heavy atom. The molecule has 2 heterocycles. The molecule has 0 bridgehead atoms. The number of carbonyl (C=O) groups is 1. The van der Waals surface area contributed by atoms with E-state index < -0.39 is 5.66 Å². The lowest BCUT2D eigenvalue weighted by Gasteiger charge is -2.38. The van der Waals surface area contributed by atoms with Gasteiger partial charge in [-0.2, -0.15) is 0 Å². The van der Waals surface area contributed by atoms with Crippen molar-refractivity contribution in [2.75, 3.05) is 5.32 Å². The first-order valence-corrected chi connectivity index (χ1v) is 10.3.